The molecule has 0 spiro atoms. The number of methoxy groups -OCH3 is 1. The second kappa shape index (κ2) is 5.84. The van der Waals surface area contributed by atoms with Crippen LogP contribution in [0.2, 0.25) is 0 Å². The molecule has 0 saturated carbocycles. The molecule has 1 atom stereocenters. The molecule has 0 aliphatic heterocycles. The van der Waals surface area contributed by atoms with Crippen molar-refractivity contribution in [1.82, 2.24) is 5.43 Å². The molecule has 0 bridgehead atoms. The number of hydrogen-bond donors (Lipinski definition) is 2. The summed E-state index contributed by atoms with van der Waals surface area (Å²) in [6.07, 6.45) is 3.41. The van der Waals surface area contributed by atoms with Gasteiger partial charge in [0, 0.05) is 11.6 Å². The Hall–Kier alpha value is -1.91. The van der Waals surface area contributed by atoms with Gasteiger partial charge in [-0.25, -0.2) is 9.82 Å². The third kappa shape index (κ3) is 2.64. The highest BCUT2D eigenvalue weighted by atomic mass is 19.1. The molecular formula is C17H19FN2O. The van der Waals surface area contributed by atoms with Crippen molar-refractivity contribution < 1.29 is 9.13 Å². The number of hydrazine groups is 1. The van der Waals surface area contributed by atoms with Crippen molar-refractivity contribution in [2.24, 2.45) is 5.84 Å². The molecule has 1 aliphatic carbocycles. The van der Waals surface area contributed by atoms with Crippen LogP contribution in [0.4, 0.5) is 4.39 Å². The van der Waals surface area contributed by atoms with Gasteiger partial charge in [-0.15, -0.1) is 0 Å². The summed E-state index contributed by atoms with van der Waals surface area (Å²) in [5, 5.41) is 0. The lowest BCUT2D eigenvalue weighted by atomic mass is 9.95. The number of rotatable bonds is 4. The molecule has 0 fully saturated rings. The van der Waals surface area contributed by atoms with Gasteiger partial charge in [-0.2, -0.15) is 0 Å². The van der Waals surface area contributed by atoms with Crippen molar-refractivity contribution in [1.29, 1.82) is 0 Å². The molecule has 110 valence electrons. The van der Waals surface area contributed by atoms with E-state index < -0.39 is 0 Å². The monoisotopic (exact) mass is 286 g/mol. The number of aryl methyl sites for hydroxylation is 2. The van der Waals surface area contributed by atoms with Crippen LogP contribution in [0.25, 0.3) is 0 Å². The second-order valence-corrected chi connectivity index (χ2v) is 5.37. The molecule has 21 heavy (non-hydrogen) atoms. The van der Waals surface area contributed by atoms with E-state index >= 15 is 0 Å². The van der Waals surface area contributed by atoms with E-state index in [2.05, 4.69) is 17.6 Å². The third-order valence-electron chi connectivity index (χ3n) is 4.14. The average Bonchev–Trinajstić information content (AvgIpc) is 2.97. The highest BCUT2D eigenvalue weighted by Gasteiger charge is 2.19. The Morgan fingerprint density at radius 3 is 2.67 bits per heavy atom. The topological polar surface area (TPSA) is 47.3 Å². The molecule has 1 unspecified atom stereocenters. The largest absolute Gasteiger partial charge is 0.497 e. The van der Waals surface area contributed by atoms with E-state index in [0.29, 0.717) is 11.3 Å². The average molecular weight is 286 g/mol. The molecule has 0 aromatic heterocycles. The fourth-order valence-electron chi connectivity index (χ4n) is 3.01. The minimum absolute atomic E-state index is 0.321. The van der Waals surface area contributed by atoms with Crippen molar-refractivity contribution in [3.05, 3.63) is 64.5 Å². The standard InChI is InChI=1S/C17H19FN2O/c1-21-14-7-8-15(16(18)10-14)17(20-19)13-6-5-11-3-2-4-12(11)9-13/h5-10,17,20H,2-4,19H2,1H3. The molecule has 3 nitrogen and oxygen atoms in total. The van der Waals surface area contributed by atoms with Crippen molar-refractivity contribution in [3.63, 3.8) is 0 Å². The van der Waals surface area contributed by atoms with Crippen LogP contribution in [-0.4, -0.2) is 7.11 Å². The molecule has 0 saturated heterocycles. The van der Waals surface area contributed by atoms with Gasteiger partial charge in [0.1, 0.15) is 11.6 Å². The lowest BCUT2D eigenvalue weighted by Crippen LogP contribution is -2.29. The molecule has 1 aliphatic rings. The third-order valence-corrected chi connectivity index (χ3v) is 4.14. The van der Waals surface area contributed by atoms with Crippen LogP contribution in [0, 0.1) is 5.82 Å². The molecule has 2 aromatic carbocycles. The van der Waals surface area contributed by atoms with Crippen LogP contribution in [-0.2, 0) is 12.8 Å². The highest BCUT2D eigenvalue weighted by molar-refractivity contribution is 5.41. The smallest absolute Gasteiger partial charge is 0.132 e. The van der Waals surface area contributed by atoms with Crippen LogP contribution >= 0.6 is 0 Å². The predicted octanol–water partition coefficient (Wildman–Crippen LogP) is 2.88. The van der Waals surface area contributed by atoms with Crippen LogP contribution in [0.5, 0.6) is 5.75 Å². The first-order chi connectivity index (χ1) is 10.2. The Bertz CT molecular complexity index is 657. The zero-order chi connectivity index (χ0) is 14.8. The number of nitrogens with two attached hydrogens (primary N) is 1. The summed E-state index contributed by atoms with van der Waals surface area (Å²) in [5.41, 5.74) is 6.98. The number of benzene rings is 2. The van der Waals surface area contributed by atoms with E-state index in [1.807, 2.05) is 6.07 Å². The Morgan fingerprint density at radius 2 is 1.95 bits per heavy atom. The summed E-state index contributed by atoms with van der Waals surface area (Å²) in [7, 11) is 1.52. The van der Waals surface area contributed by atoms with Crippen LogP contribution in [0.1, 0.15) is 34.7 Å². The number of nitrogens with one attached hydrogen (secondary N) is 1. The number of fused-ring (bicyclic) bond motifs is 1. The van der Waals surface area contributed by atoms with Gasteiger partial charge in [0.2, 0.25) is 0 Å². The predicted molar refractivity (Wildman–Crippen MR) is 80.6 cm³/mol. The summed E-state index contributed by atoms with van der Waals surface area (Å²) in [4.78, 5) is 0. The maximum Gasteiger partial charge on any atom is 0.132 e. The van der Waals surface area contributed by atoms with Crippen LogP contribution in [0.15, 0.2) is 36.4 Å². The fraction of sp³-hybridized carbons (Fsp3) is 0.294. The quantitative estimate of drug-likeness (QED) is 0.671. The number of halogens is 1. The first kappa shape index (κ1) is 14.0. The Balaban J connectivity index is 1.98. The normalized spacial score (nSPS) is 14.8. The van der Waals surface area contributed by atoms with Crippen LogP contribution < -0.4 is 16.0 Å². The second-order valence-electron chi connectivity index (χ2n) is 5.37. The van der Waals surface area contributed by atoms with Gasteiger partial charge in [0.25, 0.3) is 0 Å². The van der Waals surface area contributed by atoms with E-state index in [4.69, 9.17) is 10.6 Å². The molecule has 4 heteroatoms. The maximum atomic E-state index is 14.3. The molecule has 0 radical (unpaired) electrons. The van der Waals surface area contributed by atoms with E-state index in [0.717, 1.165) is 18.4 Å². The summed E-state index contributed by atoms with van der Waals surface area (Å²) >= 11 is 0. The number of ether oxygens (including phenoxy) is 1. The lowest BCUT2D eigenvalue weighted by molar-refractivity contribution is 0.410. The first-order valence-corrected chi connectivity index (χ1v) is 7.14. The minimum Gasteiger partial charge on any atom is -0.497 e. The molecule has 2 aromatic rings. The van der Waals surface area contributed by atoms with Crippen molar-refractivity contribution in [2.75, 3.05) is 7.11 Å². The fourth-order valence-corrected chi connectivity index (χ4v) is 3.01. The maximum absolute atomic E-state index is 14.3. The SMILES string of the molecule is COc1ccc(C(NN)c2ccc3c(c2)CCC3)c(F)c1. The van der Waals surface area contributed by atoms with Gasteiger partial charge < -0.3 is 4.74 Å². The highest BCUT2D eigenvalue weighted by Crippen LogP contribution is 2.30. The molecule has 3 N–H and O–H groups in total. The van der Waals surface area contributed by atoms with E-state index in [9.17, 15) is 4.39 Å². The summed E-state index contributed by atoms with van der Waals surface area (Å²) in [6, 6.07) is 10.8. The Kier molecular flexibility index (Phi) is 3.90. The van der Waals surface area contributed by atoms with Gasteiger partial charge in [-0.05, 0) is 42.0 Å². The summed E-state index contributed by atoms with van der Waals surface area (Å²) in [6.45, 7) is 0. The number of hydrogen-bond acceptors (Lipinski definition) is 3. The van der Waals surface area contributed by atoms with Gasteiger partial charge in [0.05, 0.1) is 13.2 Å². The lowest BCUT2D eigenvalue weighted by Gasteiger charge is -2.19. The molecule has 3 rings (SSSR count). The van der Waals surface area contributed by atoms with Crippen molar-refractivity contribution in [3.8, 4) is 5.75 Å². The van der Waals surface area contributed by atoms with Gasteiger partial charge >= 0.3 is 0 Å². The van der Waals surface area contributed by atoms with Crippen molar-refractivity contribution >= 4 is 0 Å². The van der Waals surface area contributed by atoms with Crippen molar-refractivity contribution in [2.45, 2.75) is 25.3 Å². The van der Waals surface area contributed by atoms with Gasteiger partial charge in [0.15, 0.2) is 0 Å². The summed E-state index contributed by atoms with van der Waals surface area (Å²) in [5.74, 6) is 5.85. The minimum atomic E-state index is -0.359. The first-order valence-electron chi connectivity index (χ1n) is 7.14. The van der Waals surface area contributed by atoms with Gasteiger partial charge in [-0.3, -0.25) is 5.84 Å². The summed E-state index contributed by atoms with van der Waals surface area (Å²) < 4.78 is 19.3. The Morgan fingerprint density at radius 1 is 1.14 bits per heavy atom. The zero-order valence-electron chi connectivity index (χ0n) is 12.0. The van der Waals surface area contributed by atoms with Crippen LogP contribution in [0.3, 0.4) is 0 Å². The van der Waals surface area contributed by atoms with E-state index in [-0.39, 0.29) is 11.9 Å². The van der Waals surface area contributed by atoms with E-state index in [1.165, 1.54) is 30.7 Å². The molecule has 0 amide bonds. The Labute approximate surface area is 123 Å². The zero-order valence-corrected chi connectivity index (χ0v) is 12.0. The molecule has 0 heterocycles. The van der Waals surface area contributed by atoms with E-state index in [1.54, 1.807) is 12.1 Å². The van der Waals surface area contributed by atoms with Gasteiger partial charge in [-0.1, -0.05) is 24.3 Å². The molecular weight excluding hydrogens is 267 g/mol.